The van der Waals surface area contributed by atoms with Crippen molar-refractivity contribution in [3.8, 4) is 0 Å². The van der Waals surface area contributed by atoms with Crippen LogP contribution in [0.15, 0.2) is 119 Å². The molecule has 0 saturated heterocycles. The fourth-order valence-corrected chi connectivity index (χ4v) is 9.27. The summed E-state index contributed by atoms with van der Waals surface area (Å²) in [5.74, 6) is 0. The van der Waals surface area contributed by atoms with E-state index >= 15 is 0 Å². The number of hydrogen-bond donors (Lipinski definition) is 0. The maximum atomic E-state index is 7.26. The molecule has 50 heavy (non-hydrogen) atoms. The zero-order valence-corrected chi connectivity index (χ0v) is 31.8. The van der Waals surface area contributed by atoms with Crippen molar-refractivity contribution in [3.63, 3.8) is 0 Å². The molecule has 2 heterocycles. The summed E-state index contributed by atoms with van der Waals surface area (Å²) in [6.45, 7) is 16.2. The Kier molecular flexibility index (Phi) is 9.70. The minimum Gasteiger partial charge on any atom is -0.344 e. The molecule has 3 heteroatoms. The summed E-state index contributed by atoms with van der Waals surface area (Å²) in [5.41, 5.74) is 10.6. The Hall–Kier alpha value is -3.88. The Morgan fingerprint density at radius 2 is 1.36 bits per heavy atom. The van der Waals surface area contributed by atoms with Gasteiger partial charge in [-0.25, -0.2) is 0 Å². The number of anilines is 1. The number of nitrogens with zero attached hydrogens (tertiary/aromatic N) is 2. The standard InChI is InChI=1S/C47H54ClN2/c1-7-9-15-31-49-39-27-23-33-17-11-13-19-37(33)43(39)46(3,4)41(49)29-25-35-21-22-36(45(35)48)26-30-42-47(5,6)44-38-20-14-12-18-34(38)24-28-40(44)50(42)32-16-10-8-2/h11-14,17-20,23-30H,7-10,15-16,21-22,31-32H2,1-6H3/q+1. The van der Waals surface area contributed by atoms with E-state index in [9.17, 15) is 0 Å². The first-order valence-corrected chi connectivity index (χ1v) is 19.5. The number of allylic oxidation sites excluding steroid dienone is 8. The second-order valence-electron chi connectivity index (χ2n) is 15.6. The second kappa shape index (κ2) is 14.0. The predicted molar refractivity (Wildman–Crippen MR) is 218 cm³/mol. The van der Waals surface area contributed by atoms with Gasteiger partial charge in [0.25, 0.3) is 0 Å². The summed E-state index contributed by atoms with van der Waals surface area (Å²) in [6.07, 6.45) is 18.7. The Bertz CT molecular complexity index is 2100. The summed E-state index contributed by atoms with van der Waals surface area (Å²) in [5, 5.41) is 6.28. The Labute approximate surface area is 305 Å². The van der Waals surface area contributed by atoms with E-state index in [4.69, 9.17) is 11.6 Å². The number of unbranched alkanes of at least 4 members (excludes halogenated alkanes) is 4. The van der Waals surface area contributed by atoms with Gasteiger partial charge in [-0.15, -0.1) is 0 Å². The van der Waals surface area contributed by atoms with Crippen molar-refractivity contribution in [1.29, 1.82) is 0 Å². The molecule has 0 fully saturated rings. The summed E-state index contributed by atoms with van der Waals surface area (Å²) < 4.78 is 2.59. The number of benzene rings is 4. The van der Waals surface area contributed by atoms with Crippen molar-refractivity contribution in [2.75, 3.05) is 18.0 Å². The number of rotatable bonds is 11. The van der Waals surface area contributed by atoms with Crippen LogP contribution in [0.5, 0.6) is 0 Å². The van der Waals surface area contributed by atoms with Gasteiger partial charge in [0.05, 0.1) is 5.41 Å². The molecule has 0 amide bonds. The van der Waals surface area contributed by atoms with Gasteiger partial charge in [0.1, 0.15) is 6.54 Å². The lowest BCUT2D eigenvalue weighted by molar-refractivity contribution is -0.438. The second-order valence-corrected chi connectivity index (χ2v) is 16.0. The molecule has 1 aliphatic carbocycles. The molecule has 7 rings (SSSR count). The highest BCUT2D eigenvalue weighted by molar-refractivity contribution is 6.33. The van der Waals surface area contributed by atoms with Crippen molar-refractivity contribution in [3.05, 3.63) is 130 Å². The maximum Gasteiger partial charge on any atom is 0.210 e. The van der Waals surface area contributed by atoms with Gasteiger partial charge in [0.15, 0.2) is 5.71 Å². The van der Waals surface area contributed by atoms with Crippen LogP contribution in [0.3, 0.4) is 0 Å². The number of hydrogen-bond acceptors (Lipinski definition) is 1. The summed E-state index contributed by atoms with van der Waals surface area (Å²) >= 11 is 7.26. The summed E-state index contributed by atoms with van der Waals surface area (Å²) in [4.78, 5) is 2.59. The molecule has 2 nitrogen and oxygen atoms in total. The quantitative estimate of drug-likeness (QED) is 0.113. The molecule has 0 radical (unpaired) electrons. The van der Waals surface area contributed by atoms with Crippen LogP contribution in [0.2, 0.25) is 0 Å². The van der Waals surface area contributed by atoms with Gasteiger partial charge in [-0.1, -0.05) is 125 Å². The van der Waals surface area contributed by atoms with E-state index in [1.807, 2.05) is 0 Å². The fourth-order valence-electron chi connectivity index (χ4n) is 8.96. The SMILES string of the molecule is CCCCCN1/C(=C/C=C2\CCC(/C=C/C3=[N+](CCCCC)c4ccc5ccccc5c4C3(C)C)=C2Cl)C(C)(C)c2c1ccc1ccccc21. The summed E-state index contributed by atoms with van der Waals surface area (Å²) in [6, 6.07) is 27.0. The lowest BCUT2D eigenvalue weighted by Gasteiger charge is -2.27. The molecule has 0 bridgehead atoms. The highest BCUT2D eigenvalue weighted by atomic mass is 35.5. The first kappa shape index (κ1) is 34.6. The van der Waals surface area contributed by atoms with Crippen molar-refractivity contribution in [2.45, 2.75) is 104 Å². The van der Waals surface area contributed by atoms with Crippen molar-refractivity contribution < 1.29 is 4.58 Å². The van der Waals surface area contributed by atoms with E-state index < -0.39 is 0 Å². The molecule has 0 unspecified atom stereocenters. The van der Waals surface area contributed by atoms with Crippen LogP contribution in [0, 0.1) is 0 Å². The molecule has 0 saturated carbocycles. The highest BCUT2D eigenvalue weighted by Gasteiger charge is 2.45. The third-order valence-electron chi connectivity index (χ3n) is 11.6. The maximum absolute atomic E-state index is 7.26. The van der Waals surface area contributed by atoms with Crippen molar-refractivity contribution >= 4 is 50.2 Å². The van der Waals surface area contributed by atoms with E-state index in [1.165, 1.54) is 105 Å². The van der Waals surface area contributed by atoms with Crippen LogP contribution in [0.25, 0.3) is 21.5 Å². The average Bonchev–Trinajstić information content (AvgIpc) is 3.66. The normalized spacial score (nSPS) is 19.7. The Morgan fingerprint density at radius 1 is 0.700 bits per heavy atom. The molecule has 258 valence electrons. The fraction of sp³-hybridized carbons (Fsp3) is 0.383. The monoisotopic (exact) mass is 681 g/mol. The minimum atomic E-state index is -0.109. The van der Waals surface area contributed by atoms with Crippen molar-refractivity contribution in [2.24, 2.45) is 0 Å². The predicted octanol–water partition coefficient (Wildman–Crippen LogP) is 13.2. The van der Waals surface area contributed by atoms with Gasteiger partial charge in [-0.05, 0) is 96.0 Å². The number of halogens is 1. The van der Waals surface area contributed by atoms with Crippen LogP contribution in [0.1, 0.15) is 104 Å². The molecular formula is C47H54ClN2+. The van der Waals surface area contributed by atoms with E-state index in [2.05, 4.69) is 148 Å². The van der Waals surface area contributed by atoms with Gasteiger partial charge in [-0.3, -0.25) is 0 Å². The van der Waals surface area contributed by atoms with Crippen molar-refractivity contribution in [1.82, 2.24) is 0 Å². The minimum absolute atomic E-state index is 0.109. The van der Waals surface area contributed by atoms with Crippen LogP contribution >= 0.6 is 11.6 Å². The van der Waals surface area contributed by atoms with Crippen LogP contribution in [0.4, 0.5) is 11.4 Å². The lowest BCUT2D eigenvalue weighted by Crippen LogP contribution is -2.28. The molecule has 4 aromatic rings. The van der Waals surface area contributed by atoms with E-state index in [0.29, 0.717) is 0 Å². The largest absolute Gasteiger partial charge is 0.344 e. The van der Waals surface area contributed by atoms with E-state index in [-0.39, 0.29) is 10.8 Å². The molecule has 0 spiro atoms. The van der Waals surface area contributed by atoms with Gasteiger partial charge in [0, 0.05) is 52.5 Å². The number of fused-ring (bicyclic) bond motifs is 6. The van der Waals surface area contributed by atoms with Gasteiger partial charge in [0.2, 0.25) is 5.69 Å². The zero-order valence-electron chi connectivity index (χ0n) is 31.1. The van der Waals surface area contributed by atoms with Gasteiger partial charge in [-0.2, -0.15) is 4.58 Å². The Balaban J connectivity index is 1.23. The summed E-state index contributed by atoms with van der Waals surface area (Å²) in [7, 11) is 0. The smallest absolute Gasteiger partial charge is 0.210 e. The highest BCUT2D eigenvalue weighted by Crippen LogP contribution is 2.51. The van der Waals surface area contributed by atoms with E-state index in [0.717, 1.165) is 31.0 Å². The Morgan fingerprint density at radius 3 is 2.08 bits per heavy atom. The third kappa shape index (κ3) is 5.98. The third-order valence-corrected chi connectivity index (χ3v) is 12.1. The first-order valence-electron chi connectivity index (χ1n) is 19.1. The van der Waals surface area contributed by atoms with Crippen LogP contribution in [-0.4, -0.2) is 23.4 Å². The van der Waals surface area contributed by atoms with Gasteiger partial charge < -0.3 is 4.90 Å². The van der Waals surface area contributed by atoms with E-state index in [1.54, 1.807) is 0 Å². The average molecular weight is 682 g/mol. The lowest BCUT2D eigenvalue weighted by atomic mass is 9.79. The molecule has 4 aromatic carbocycles. The molecule has 0 aromatic heterocycles. The molecule has 3 aliphatic rings. The van der Waals surface area contributed by atoms with Gasteiger partial charge >= 0.3 is 0 Å². The topological polar surface area (TPSA) is 6.25 Å². The van der Waals surface area contributed by atoms with Crippen LogP contribution < -0.4 is 4.90 Å². The first-order chi connectivity index (χ1) is 24.2. The van der Waals surface area contributed by atoms with Crippen LogP contribution in [-0.2, 0) is 10.8 Å². The molecule has 0 N–H and O–H groups in total. The zero-order chi connectivity index (χ0) is 35.0. The molecule has 0 atom stereocenters. The molecule has 2 aliphatic heterocycles. The molecular weight excluding hydrogens is 628 g/mol.